The van der Waals surface area contributed by atoms with Crippen LogP contribution in [0.4, 0.5) is 11.4 Å². The van der Waals surface area contributed by atoms with Crippen LogP contribution in [-0.2, 0) is 16.0 Å². The van der Waals surface area contributed by atoms with E-state index < -0.39 is 5.97 Å². The molecule has 2 aliphatic heterocycles. The lowest BCUT2D eigenvalue weighted by Crippen LogP contribution is -2.41. The highest BCUT2D eigenvalue weighted by Gasteiger charge is 2.39. The van der Waals surface area contributed by atoms with Gasteiger partial charge in [-0.25, -0.2) is 9.37 Å². The predicted molar refractivity (Wildman–Crippen MR) is 265 cm³/mol. The average molecular weight is 895 g/mol. The van der Waals surface area contributed by atoms with Gasteiger partial charge in [-0.15, -0.1) is 0 Å². The predicted octanol–water partition coefficient (Wildman–Crippen LogP) is 6.92. The quantitative estimate of drug-likeness (QED) is 0.0246. The maximum atomic E-state index is 12.8. The molecule has 1 saturated heterocycles. The summed E-state index contributed by atoms with van der Waals surface area (Å²) < 4.78 is 14.2. The number of anilines is 2. The van der Waals surface area contributed by atoms with Crippen molar-refractivity contribution in [3.8, 4) is 33.6 Å². The Morgan fingerprint density at radius 2 is 1.65 bits per heavy atom. The number of rotatable bonds is 17. The number of carbonyl (C=O) groups is 2. The number of fused-ring (bicyclic) bond motifs is 2. The molecule has 6 N–H and O–H groups in total. The smallest absolute Gasteiger partial charge is 0.336 e. The molecule has 338 valence electrons. The summed E-state index contributed by atoms with van der Waals surface area (Å²) in [4.78, 5) is 27.5. The normalized spacial score (nSPS) is 16.0. The fourth-order valence-electron chi connectivity index (χ4n) is 8.72. The largest absolute Gasteiger partial charge is 0.478 e. The van der Waals surface area contributed by atoms with Crippen LogP contribution in [0.1, 0.15) is 53.1 Å². The van der Waals surface area contributed by atoms with Crippen molar-refractivity contribution in [1.29, 1.82) is 0 Å². The van der Waals surface area contributed by atoms with Gasteiger partial charge >= 0.3 is 5.97 Å². The Bertz CT molecular complexity index is 2710. The van der Waals surface area contributed by atoms with Gasteiger partial charge in [0.05, 0.1) is 24.8 Å². The summed E-state index contributed by atoms with van der Waals surface area (Å²) >= 11 is 5.54. The average Bonchev–Trinajstić information content (AvgIpc) is 4.08. The van der Waals surface area contributed by atoms with Gasteiger partial charge in [-0.2, -0.15) is 0 Å². The number of nitrogens with one attached hydrogen (secondary N) is 5. The number of amides is 1. The number of piperidine rings is 1. The molecule has 0 unspecified atom stereocenters. The molecule has 2 aliphatic carbocycles. The molecule has 1 amide bonds. The first-order valence-corrected chi connectivity index (χ1v) is 23.0. The van der Waals surface area contributed by atoms with Gasteiger partial charge in [0, 0.05) is 91.6 Å². The van der Waals surface area contributed by atoms with Crippen LogP contribution < -0.4 is 41.4 Å². The van der Waals surface area contributed by atoms with Crippen molar-refractivity contribution >= 4 is 51.6 Å². The first kappa shape index (κ1) is 45.4. The molecule has 65 heavy (non-hydrogen) atoms. The number of aromatic carboxylic acids is 1. The summed E-state index contributed by atoms with van der Waals surface area (Å²) in [5.41, 5.74) is 9.33. The molecule has 4 aromatic carbocycles. The van der Waals surface area contributed by atoms with Crippen molar-refractivity contribution in [3.63, 3.8) is 0 Å². The van der Waals surface area contributed by atoms with Gasteiger partial charge in [0.1, 0.15) is 25.4 Å². The lowest BCUT2D eigenvalue weighted by molar-refractivity contribution is -0.121. The summed E-state index contributed by atoms with van der Waals surface area (Å²) in [5, 5.41) is 29.1. The van der Waals surface area contributed by atoms with E-state index in [0.29, 0.717) is 84.9 Å². The Morgan fingerprint density at radius 3 is 2.40 bits per heavy atom. The number of carboxylic acids is 1. The third-order valence-corrected chi connectivity index (χ3v) is 12.7. The lowest BCUT2D eigenvalue weighted by atomic mass is 9.90. The SMILES string of the molecule is CN(C)c1ccc2c(-c3ccc(NC(=S)NCCOCCNC(=O)CCc4cccc(-c5ccc([C@@H]6C[C@H]6NC6CCNCC6)cc5)c4)cc3C(=O)O)c3ccc(=[N+](C)C)cc-3oc2c1. The molecule has 0 radical (unpaired) electrons. The first-order chi connectivity index (χ1) is 31.5. The van der Waals surface area contributed by atoms with Gasteiger partial charge in [-0.1, -0.05) is 54.6 Å². The second-order valence-corrected chi connectivity index (χ2v) is 17.9. The maximum absolute atomic E-state index is 12.8. The summed E-state index contributed by atoms with van der Waals surface area (Å²) in [6.07, 6.45) is 4.69. The van der Waals surface area contributed by atoms with Crippen molar-refractivity contribution in [3.05, 3.63) is 125 Å². The van der Waals surface area contributed by atoms with Gasteiger partial charge in [0.25, 0.3) is 0 Å². The zero-order valence-corrected chi connectivity index (χ0v) is 38.5. The highest BCUT2D eigenvalue weighted by molar-refractivity contribution is 7.80. The number of benzene rings is 5. The van der Waals surface area contributed by atoms with E-state index in [2.05, 4.69) is 75.1 Å². The van der Waals surface area contributed by atoms with Crippen LogP contribution >= 0.6 is 12.2 Å². The standard InChI is InChI=1S/C52H59N7O5S/c1-58(2)39-14-17-42-47(30-39)64-48-31-40(59(3)4)15-18-43(48)50(42)41-16-13-38(29-45(41)51(61)62)57-52(65)55-25-27-63-26-24-54-49(60)19-8-33-6-5-7-36(28-33)34-9-11-35(12-10-34)44-32-46(44)56-37-20-22-53-23-21-37/h5-7,9-18,28-31,37,44,46,53,56H,8,19-27,32H2,1-4H3,(H3,54,55,60,61,62,65)/p+1/t44-,46+/m0/s1. The van der Waals surface area contributed by atoms with Crippen molar-refractivity contribution in [2.45, 2.75) is 50.1 Å². The molecular formula is C52H60N7O5S+. The zero-order chi connectivity index (χ0) is 45.5. The molecule has 0 spiro atoms. The maximum Gasteiger partial charge on any atom is 0.336 e. The Balaban J connectivity index is 0.776. The fourth-order valence-corrected chi connectivity index (χ4v) is 8.94. The molecule has 0 aromatic heterocycles. The molecular weight excluding hydrogens is 835 g/mol. The van der Waals surface area contributed by atoms with Crippen molar-refractivity contribution in [2.75, 3.05) is 77.8 Å². The van der Waals surface area contributed by atoms with Gasteiger partial charge in [-0.3, -0.25) is 4.79 Å². The van der Waals surface area contributed by atoms with Crippen LogP contribution in [0, 0.1) is 0 Å². The van der Waals surface area contributed by atoms with E-state index in [0.717, 1.165) is 51.8 Å². The topological polar surface area (TPSA) is 143 Å². The van der Waals surface area contributed by atoms with E-state index in [-0.39, 0.29) is 11.5 Å². The summed E-state index contributed by atoms with van der Waals surface area (Å²) in [7, 11) is 7.87. The number of nitrogens with zero attached hydrogens (tertiary/aromatic N) is 2. The van der Waals surface area contributed by atoms with E-state index in [1.807, 2.05) is 86.2 Å². The first-order valence-electron chi connectivity index (χ1n) is 22.6. The molecule has 12 nitrogen and oxygen atoms in total. The Kier molecular flexibility index (Phi) is 14.5. The zero-order valence-electron chi connectivity index (χ0n) is 37.7. The minimum atomic E-state index is -1.06. The summed E-state index contributed by atoms with van der Waals surface area (Å²) in [5.74, 6) is 0.182. The number of thiocarbonyl (C=S) groups is 1. The molecule has 0 bridgehead atoms. The van der Waals surface area contributed by atoms with E-state index in [1.165, 1.54) is 30.4 Å². The molecule has 4 aliphatic rings. The highest BCUT2D eigenvalue weighted by Crippen LogP contribution is 2.43. The number of hydrogen-bond donors (Lipinski definition) is 6. The van der Waals surface area contributed by atoms with E-state index in [1.54, 1.807) is 6.07 Å². The van der Waals surface area contributed by atoms with Crippen molar-refractivity contribution < 1.29 is 23.8 Å². The molecule has 2 atom stereocenters. The molecule has 4 aromatic rings. The van der Waals surface area contributed by atoms with E-state index in [4.69, 9.17) is 21.4 Å². The van der Waals surface area contributed by atoms with Crippen molar-refractivity contribution in [1.82, 2.24) is 25.8 Å². The minimum Gasteiger partial charge on any atom is -0.478 e. The highest BCUT2D eigenvalue weighted by atomic mass is 32.1. The van der Waals surface area contributed by atoms with Crippen LogP contribution in [0.2, 0.25) is 0 Å². The molecule has 2 heterocycles. The molecule has 2 fully saturated rings. The lowest BCUT2D eigenvalue weighted by Gasteiger charge is -2.24. The number of aryl methyl sites for hydroxylation is 1. The van der Waals surface area contributed by atoms with Gasteiger partial charge in [0.15, 0.2) is 5.11 Å². The van der Waals surface area contributed by atoms with E-state index >= 15 is 0 Å². The monoisotopic (exact) mass is 894 g/mol. The van der Waals surface area contributed by atoms with Gasteiger partial charge < -0.3 is 45.7 Å². The second kappa shape index (κ2) is 20.8. The third-order valence-electron chi connectivity index (χ3n) is 12.4. The summed E-state index contributed by atoms with van der Waals surface area (Å²) in [6, 6.07) is 35.8. The molecule has 1 saturated carbocycles. The van der Waals surface area contributed by atoms with Gasteiger partial charge in [0.2, 0.25) is 11.3 Å². The number of carboxylic acid groups (broad SMARTS) is 1. The summed E-state index contributed by atoms with van der Waals surface area (Å²) in [6.45, 7) is 3.78. The Hall–Kier alpha value is -6.12. The molecule has 8 rings (SSSR count). The van der Waals surface area contributed by atoms with Crippen molar-refractivity contribution in [2.24, 2.45) is 0 Å². The fraction of sp³-hybridized carbons (Fsp3) is 0.346. The Morgan fingerprint density at radius 1 is 0.877 bits per heavy atom. The Labute approximate surface area is 386 Å². The number of ether oxygens (including phenoxy) is 1. The minimum absolute atomic E-state index is 0.0174. The number of hydrogen-bond acceptors (Lipinski definition) is 8. The van der Waals surface area contributed by atoms with Gasteiger partial charge in [-0.05, 0) is 109 Å². The second-order valence-electron chi connectivity index (χ2n) is 17.5. The molecule has 13 heteroatoms. The third kappa shape index (κ3) is 11.4. The number of carbonyl (C=O) groups excluding carboxylic acids is 1. The van der Waals surface area contributed by atoms with Crippen LogP contribution in [-0.4, -0.2) is 102 Å². The van der Waals surface area contributed by atoms with Crippen LogP contribution in [0.25, 0.3) is 44.5 Å². The van der Waals surface area contributed by atoms with Crippen LogP contribution in [0.15, 0.2) is 108 Å². The van der Waals surface area contributed by atoms with Crippen LogP contribution in [0.5, 0.6) is 0 Å². The van der Waals surface area contributed by atoms with Crippen LogP contribution in [0.3, 0.4) is 0 Å². The van der Waals surface area contributed by atoms with E-state index in [9.17, 15) is 14.7 Å².